The maximum absolute atomic E-state index is 12.0. The van der Waals surface area contributed by atoms with Crippen molar-refractivity contribution >= 4 is 13.6 Å². The lowest BCUT2D eigenvalue weighted by Crippen LogP contribution is -2.06. The second-order valence-electron chi connectivity index (χ2n) is 3.54. The quantitative estimate of drug-likeness (QED) is 0.251. The van der Waals surface area contributed by atoms with Crippen LogP contribution in [-0.4, -0.2) is 38.7 Å². The van der Waals surface area contributed by atoms with Crippen LogP contribution in [0.25, 0.3) is 0 Å². The molecule has 0 aliphatic heterocycles. The maximum Gasteiger partial charge on any atom is 0.330 e. The van der Waals surface area contributed by atoms with Crippen molar-refractivity contribution in [1.82, 2.24) is 0 Å². The number of carbonyl (C=O) groups excluding carboxylic acids is 1. The largest absolute Gasteiger partial charge is 0.439 e. The number of hydrogen-bond donors (Lipinski definition) is 0. The molecule has 0 amide bonds. The zero-order chi connectivity index (χ0) is 13.9. The lowest BCUT2D eigenvalue weighted by atomic mass is 10.4. The smallest absolute Gasteiger partial charge is 0.330 e. The Kier molecular flexibility index (Phi) is 10.3. The molecule has 0 atom stereocenters. The van der Waals surface area contributed by atoms with Gasteiger partial charge in [0.1, 0.15) is 0 Å². The third kappa shape index (κ3) is 9.59. The van der Waals surface area contributed by atoms with Gasteiger partial charge in [0.25, 0.3) is 0 Å². The summed E-state index contributed by atoms with van der Waals surface area (Å²) in [6, 6.07) is 0. The first-order chi connectivity index (χ1) is 8.54. The molecule has 0 aromatic rings. The number of hydrogen-bond acceptors (Lipinski definition) is 6. The van der Waals surface area contributed by atoms with Crippen molar-refractivity contribution in [2.24, 2.45) is 0 Å². The molecule has 0 aliphatic rings. The average molecular weight is 282 g/mol. The van der Waals surface area contributed by atoms with Crippen LogP contribution in [0.3, 0.4) is 0 Å². The minimum absolute atomic E-state index is 0.0378. The molecule has 0 bridgehead atoms. The molecule has 0 aromatic carbocycles. The van der Waals surface area contributed by atoms with E-state index in [4.69, 9.17) is 13.8 Å². The van der Waals surface area contributed by atoms with Gasteiger partial charge in [-0.05, 0) is 26.7 Å². The first-order valence-corrected chi connectivity index (χ1v) is 7.86. The summed E-state index contributed by atoms with van der Waals surface area (Å²) in [5.74, 6) is -0.368. The van der Waals surface area contributed by atoms with Crippen molar-refractivity contribution in [2.45, 2.75) is 33.6 Å². The summed E-state index contributed by atoms with van der Waals surface area (Å²) in [7, 11) is -2.93. The van der Waals surface area contributed by atoms with Gasteiger partial charge in [-0.2, -0.15) is 0 Å². The maximum atomic E-state index is 12.0. The van der Waals surface area contributed by atoms with Gasteiger partial charge in [-0.15, -0.1) is 0 Å². The van der Waals surface area contributed by atoms with Crippen molar-refractivity contribution < 1.29 is 27.9 Å². The van der Waals surface area contributed by atoms with Crippen LogP contribution >= 0.6 is 7.60 Å². The van der Waals surface area contributed by atoms with Gasteiger partial charge in [0.15, 0.2) is 6.79 Å². The predicted octanol–water partition coefficient (Wildman–Crippen LogP) is 2.57. The van der Waals surface area contributed by atoms with E-state index < -0.39 is 7.60 Å². The van der Waals surface area contributed by atoms with E-state index in [2.05, 4.69) is 4.74 Å². The molecule has 0 aliphatic carbocycles. The van der Waals surface area contributed by atoms with E-state index in [-0.39, 0.29) is 12.8 Å². The summed E-state index contributed by atoms with van der Waals surface area (Å²) in [6.07, 6.45) is 1.77. The highest BCUT2D eigenvalue weighted by Gasteiger charge is 2.22. The Bertz CT molecular complexity index is 258. The molecule has 0 saturated heterocycles. The number of carbonyl (C=O) groups is 1. The van der Waals surface area contributed by atoms with Crippen LogP contribution in [0, 0.1) is 0 Å². The third-order valence-electron chi connectivity index (χ3n) is 1.97. The number of esters is 1. The fraction of sp³-hybridized carbons (Fsp3) is 0.909. The van der Waals surface area contributed by atoms with Crippen molar-refractivity contribution in [3.8, 4) is 0 Å². The Balaban J connectivity index is 3.61. The van der Waals surface area contributed by atoms with Gasteiger partial charge in [0.2, 0.25) is 0 Å². The molecular formula is C11H23O6P. The monoisotopic (exact) mass is 282 g/mol. The highest BCUT2D eigenvalue weighted by molar-refractivity contribution is 7.53. The Labute approximate surface area is 108 Å². The number of rotatable bonds is 11. The van der Waals surface area contributed by atoms with Gasteiger partial charge in [-0.1, -0.05) is 0 Å². The van der Waals surface area contributed by atoms with Crippen LogP contribution in [0.2, 0.25) is 0 Å². The van der Waals surface area contributed by atoms with Crippen LogP contribution in [0.5, 0.6) is 0 Å². The van der Waals surface area contributed by atoms with E-state index in [0.29, 0.717) is 38.8 Å². The molecule has 7 heteroatoms. The topological polar surface area (TPSA) is 71.1 Å². The van der Waals surface area contributed by atoms with Gasteiger partial charge in [0, 0.05) is 6.92 Å². The Morgan fingerprint density at radius 1 is 1.11 bits per heavy atom. The van der Waals surface area contributed by atoms with E-state index in [1.54, 1.807) is 13.8 Å². The highest BCUT2D eigenvalue weighted by atomic mass is 31.2. The van der Waals surface area contributed by atoms with Gasteiger partial charge >= 0.3 is 13.6 Å². The molecule has 0 saturated carbocycles. The zero-order valence-corrected chi connectivity index (χ0v) is 12.2. The number of unbranched alkanes of at least 4 members (excludes halogenated alkanes) is 1. The molecule has 0 unspecified atom stereocenters. The van der Waals surface area contributed by atoms with Crippen LogP contribution in [0.1, 0.15) is 33.6 Å². The Morgan fingerprint density at radius 2 is 1.72 bits per heavy atom. The van der Waals surface area contributed by atoms with Crippen molar-refractivity contribution in [3.05, 3.63) is 0 Å². The first kappa shape index (κ1) is 17.6. The average Bonchev–Trinajstić information content (AvgIpc) is 2.28. The molecular weight excluding hydrogens is 259 g/mol. The minimum atomic E-state index is -2.93. The molecule has 0 spiro atoms. The highest BCUT2D eigenvalue weighted by Crippen LogP contribution is 2.48. The molecule has 0 radical (unpaired) electrons. The van der Waals surface area contributed by atoms with Crippen LogP contribution in [0.15, 0.2) is 0 Å². The van der Waals surface area contributed by atoms with E-state index in [0.717, 1.165) is 0 Å². The summed E-state index contributed by atoms with van der Waals surface area (Å²) >= 11 is 0. The summed E-state index contributed by atoms with van der Waals surface area (Å²) < 4.78 is 32.0. The third-order valence-corrected chi connectivity index (χ3v) is 4.13. The van der Waals surface area contributed by atoms with Crippen LogP contribution < -0.4 is 0 Å². The molecule has 6 nitrogen and oxygen atoms in total. The lowest BCUT2D eigenvalue weighted by molar-refractivity contribution is -0.153. The van der Waals surface area contributed by atoms with E-state index in [1.165, 1.54) is 6.92 Å². The second kappa shape index (κ2) is 10.5. The van der Waals surface area contributed by atoms with Crippen LogP contribution in [-0.2, 0) is 27.9 Å². The molecule has 0 rings (SSSR count). The Morgan fingerprint density at radius 3 is 2.22 bits per heavy atom. The summed E-state index contributed by atoms with van der Waals surface area (Å²) in [5, 5.41) is 0. The van der Waals surface area contributed by atoms with Crippen molar-refractivity contribution in [3.63, 3.8) is 0 Å². The summed E-state index contributed by atoms with van der Waals surface area (Å²) in [4.78, 5) is 10.4. The summed E-state index contributed by atoms with van der Waals surface area (Å²) in [6.45, 7) is 6.06. The van der Waals surface area contributed by atoms with Gasteiger partial charge in [0.05, 0.1) is 26.0 Å². The molecule has 18 heavy (non-hydrogen) atoms. The number of ether oxygens (including phenoxy) is 2. The first-order valence-electron chi connectivity index (χ1n) is 6.13. The van der Waals surface area contributed by atoms with Crippen molar-refractivity contribution in [1.29, 1.82) is 0 Å². The zero-order valence-electron chi connectivity index (χ0n) is 11.3. The normalized spacial score (nSPS) is 11.5. The summed E-state index contributed by atoms with van der Waals surface area (Å²) in [5.41, 5.74) is 0. The predicted molar refractivity (Wildman–Crippen MR) is 67.5 cm³/mol. The van der Waals surface area contributed by atoms with Gasteiger partial charge in [-0.25, -0.2) is 0 Å². The van der Waals surface area contributed by atoms with Gasteiger partial charge < -0.3 is 18.5 Å². The molecule has 0 fully saturated rings. The van der Waals surface area contributed by atoms with E-state index >= 15 is 0 Å². The second-order valence-corrected chi connectivity index (χ2v) is 5.72. The standard InChI is InChI=1S/C11H23O6P/c1-4-16-18(13,17-5-2)9-7-6-8-14-10-15-11(3)12/h4-10H2,1-3H3. The molecule has 0 aromatic heterocycles. The lowest BCUT2D eigenvalue weighted by Gasteiger charge is -2.16. The van der Waals surface area contributed by atoms with Crippen molar-refractivity contribution in [2.75, 3.05) is 32.8 Å². The molecule has 0 heterocycles. The van der Waals surface area contributed by atoms with Gasteiger partial charge in [-0.3, -0.25) is 9.36 Å². The molecule has 108 valence electrons. The SMILES string of the molecule is CCOP(=O)(CCCCOCOC(C)=O)OCC. The Hall–Kier alpha value is -0.420. The van der Waals surface area contributed by atoms with E-state index in [1.807, 2.05) is 0 Å². The van der Waals surface area contributed by atoms with E-state index in [9.17, 15) is 9.36 Å². The molecule has 0 N–H and O–H groups in total. The fourth-order valence-electron chi connectivity index (χ4n) is 1.25. The fourth-order valence-corrected chi connectivity index (χ4v) is 2.98. The minimum Gasteiger partial charge on any atom is -0.439 e. The van der Waals surface area contributed by atoms with Crippen LogP contribution in [0.4, 0.5) is 0 Å².